The monoisotopic (exact) mass is 182 g/mol. The van der Waals surface area contributed by atoms with Crippen molar-refractivity contribution >= 4 is 0 Å². The first-order valence-corrected chi connectivity index (χ1v) is 4.58. The molecule has 0 unspecified atom stereocenters. The van der Waals surface area contributed by atoms with Crippen LogP contribution >= 0.6 is 0 Å². The first-order valence-electron chi connectivity index (χ1n) is 4.58. The molecule has 0 aliphatic heterocycles. The Labute approximate surface area is 78.2 Å². The lowest BCUT2D eigenvalue weighted by Crippen LogP contribution is -2.17. The third-order valence-electron chi connectivity index (χ3n) is 1.93. The third-order valence-corrected chi connectivity index (χ3v) is 1.93. The zero-order valence-electron chi connectivity index (χ0n) is 7.89. The van der Waals surface area contributed by atoms with Crippen molar-refractivity contribution in [3.63, 3.8) is 0 Å². The SMILES string of the molecule is CCc1cccnc1CNCCF. The number of rotatable bonds is 5. The van der Waals surface area contributed by atoms with Gasteiger partial charge in [0.1, 0.15) is 6.67 Å². The summed E-state index contributed by atoms with van der Waals surface area (Å²) in [6, 6.07) is 3.98. The van der Waals surface area contributed by atoms with Crippen molar-refractivity contribution in [2.24, 2.45) is 0 Å². The van der Waals surface area contributed by atoms with Crippen molar-refractivity contribution in [1.29, 1.82) is 0 Å². The molecule has 1 aromatic heterocycles. The molecule has 0 aliphatic carbocycles. The van der Waals surface area contributed by atoms with Gasteiger partial charge in [-0.2, -0.15) is 0 Å². The van der Waals surface area contributed by atoms with Crippen LogP contribution in [0.3, 0.4) is 0 Å². The number of hydrogen-bond donors (Lipinski definition) is 1. The van der Waals surface area contributed by atoms with Gasteiger partial charge in [0.2, 0.25) is 0 Å². The number of nitrogens with one attached hydrogen (secondary N) is 1. The summed E-state index contributed by atoms with van der Waals surface area (Å²) in [7, 11) is 0. The van der Waals surface area contributed by atoms with E-state index in [1.54, 1.807) is 6.20 Å². The van der Waals surface area contributed by atoms with Gasteiger partial charge in [0, 0.05) is 19.3 Å². The number of halogens is 1. The van der Waals surface area contributed by atoms with E-state index in [1.807, 2.05) is 6.07 Å². The predicted molar refractivity (Wildman–Crippen MR) is 51.3 cm³/mol. The molecule has 0 aliphatic rings. The van der Waals surface area contributed by atoms with Crippen molar-refractivity contribution in [3.8, 4) is 0 Å². The highest BCUT2D eigenvalue weighted by Crippen LogP contribution is 2.05. The molecule has 1 aromatic rings. The lowest BCUT2D eigenvalue weighted by atomic mass is 10.1. The number of nitrogens with zero attached hydrogens (tertiary/aromatic N) is 1. The Kier molecular flexibility index (Phi) is 4.40. The molecule has 0 saturated heterocycles. The van der Waals surface area contributed by atoms with Crippen LogP contribution in [0, 0.1) is 0 Å². The second kappa shape index (κ2) is 5.65. The smallest absolute Gasteiger partial charge is 0.102 e. The maximum absolute atomic E-state index is 11.8. The van der Waals surface area contributed by atoms with Crippen LogP contribution in [0.25, 0.3) is 0 Å². The van der Waals surface area contributed by atoms with E-state index in [4.69, 9.17) is 0 Å². The summed E-state index contributed by atoms with van der Waals surface area (Å²) in [4.78, 5) is 4.24. The van der Waals surface area contributed by atoms with Crippen molar-refractivity contribution in [3.05, 3.63) is 29.6 Å². The second-order valence-corrected chi connectivity index (χ2v) is 2.83. The zero-order chi connectivity index (χ0) is 9.52. The molecule has 1 rings (SSSR count). The molecule has 0 bridgehead atoms. The molecule has 0 saturated carbocycles. The second-order valence-electron chi connectivity index (χ2n) is 2.83. The van der Waals surface area contributed by atoms with Gasteiger partial charge in [-0.05, 0) is 18.1 Å². The van der Waals surface area contributed by atoms with E-state index in [2.05, 4.69) is 23.3 Å². The number of alkyl halides is 1. The van der Waals surface area contributed by atoms with E-state index in [0.29, 0.717) is 13.1 Å². The van der Waals surface area contributed by atoms with Gasteiger partial charge in [0.25, 0.3) is 0 Å². The lowest BCUT2D eigenvalue weighted by molar-refractivity contribution is 0.465. The van der Waals surface area contributed by atoms with Crippen LogP contribution in [0.5, 0.6) is 0 Å². The molecule has 72 valence electrons. The first-order chi connectivity index (χ1) is 6.38. The summed E-state index contributed by atoms with van der Waals surface area (Å²) in [5.41, 5.74) is 2.26. The average Bonchev–Trinajstić information content (AvgIpc) is 2.19. The van der Waals surface area contributed by atoms with Gasteiger partial charge in [-0.15, -0.1) is 0 Å². The highest BCUT2D eigenvalue weighted by Gasteiger charge is 1.99. The maximum atomic E-state index is 11.8. The molecule has 0 spiro atoms. The molecule has 3 heteroatoms. The summed E-state index contributed by atoms with van der Waals surface area (Å²) >= 11 is 0. The fourth-order valence-corrected chi connectivity index (χ4v) is 1.23. The third kappa shape index (κ3) is 3.11. The predicted octanol–water partition coefficient (Wildman–Crippen LogP) is 1.70. The van der Waals surface area contributed by atoms with Gasteiger partial charge in [0.05, 0.1) is 5.69 Å². The van der Waals surface area contributed by atoms with Crippen LogP contribution in [0.4, 0.5) is 4.39 Å². The molecule has 1 N–H and O–H groups in total. The first kappa shape index (κ1) is 10.1. The van der Waals surface area contributed by atoms with E-state index < -0.39 is 0 Å². The van der Waals surface area contributed by atoms with E-state index >= 15 is 0 Å². The number of hydrogen-bond acceptors (Lipinski definition) is 2. The Morgan fingerprint density at radius 3 is 3.08 bits per heavy atom. The minimum atomic E-state index is -0.325. The van der Waals surface area contributed by atoms with Crippen LogP contribution in [-0.2, 0) is 13.0 Å². The zero-order valence-corrected chi connectivity index (χ0v) is 7.89. The highest BCUT2D eigenvalue weighted by atomic mass is 19.1. The Balaban J connectivity index is 2.54. The Bertz CT molecular complexity index is 250. The normalized spacial score (nSPS) is 10.3. The summed E-state index contributed by atoms with van der Waals surface area (Å²) in [6.07, 6.45) is 2.74. The summed E-state index contributed by atoms with van der Waals surface area (Å²) in [5.74, 6) is 0. The van der Waals surface area contributed by atoms with Gasteiger partial charge in [0.15, 0.2) is 0 Å². The molecule has 1 heterocycles. The lowest BCUT2D eigenvalue weighted by Gasteiger charge is -2.06. The largest absolute Gasteiger partial charge is 0.309 e. The Morgan fingerprint density at radius 1 is 1.54 bits per heavy atom. The maximum Gasteiger partial charge on any atom is 0.102 e. The molecule has 0 aromatic carbocycles. The summed E-state index contributed by atoms with van der Waals surface area (Å²) in [6.45, 7) is 2.83. The molecule has 0 atom stereocenters. The summed E-state index contributed by atoms with van der Waals surface area (Å²) in [5, 5.41) is 2.99. The minimum absolute atomic E-state index is 0.325. The summed E-state index contributed by atoms with van der Waals surface area (Å²) < 4.78 is 11.8. The Morgan fingerprint density at radius 2 is 2.38 bits per heavy atom. The molecule has 0 amide bonds. The average molecular weight is 182 g/mol. The standard InChI is InChI=1S/C10H15FN2/c1-2-9-4-3-6-13-10(9)8-12-7-5-11/h3-4,6,12H,2,5,7-8H2,1H3. The van der Waals surface area contributed by atoms with Crippen LogP contribution in [0.2, 0.25) is 0 Å². The molecular formula is C10H15FN2. The van der Waals surface area contributed by atoms with Crippen LogP contribution in [0.1, 0.15) is 18.2 Å². The van der Waals surface area contributed by atoms with Crippen molar-refractivity contribution in [2.75, 3.05) is 13.2 Å². The minimum Gasteiger partial charge on any atom is -0.309 e. The van der Waals surface area contributed by atoms with Gasteiger partial charge in [-0.1, -0.05) is 13.0 Å². The number of pyridine rings is 1. The Hall–Kier alpha value is -0.960. The topological polar surface area (TPSA) is 24.9 Å². The van der Waals surface area contributed by atoms with Crippen molar-refractivity contribution in [2.45, 2.75) is 19.9 Å². The number of aryl methyl sites for hydroxylation is 1. The molecule has 13 heavy (non-hydrogen) atoms. The molecule has 2 nitrogen and oxygen atoms in total. The van der Waals surface area contributed by atoms with Crippen molar-refractivity contribution in [1.82, 2.24) is 10.3 Å². The molecule has 0 fully saturated rings. The van der Waals surface area contributed by atoms with Crippen LogP contribution < -0.4 is 5.32 Å². The van der Waals surface area contributed by atoms with Gasteiger partial charge < -0.3 is 5.32 Å². The highest BCUT2D eigenvalue weighted by molar-refractivity contribution is 5.19. The van der Waals surface area contributed by atoms with Gasteiger partial charge >= 0.3 is 0 Å². The van der Waals surface area contributed by atoms with Gasteiger partial charge in [-0.25, -0.2) is 4.39 Å². The van der Waals surface area contributed by atoms with E-state index in [1.165, 1.54) is 5.56 Å². The molecular weight excluding hydrogens is 167 g/mol. The quantitative estimate of drug-likeness (QED) is 0.701. The van der Waals surface area contributed by atoms with E-state index in [0.717, 1.165) is 12.1 Å². The molecule has 0 radical (unpaired) electrons. The van der Waals surface area contributed by atoms with E-state index in [9.17, 15) is 4.39 Å². The van der Waals surface area contributed by atoms with Crippen LogP contribution in [0.15, 0.2) is 18.3 Å². The van der Waals surface area contributed by atoms with Gasteiger partial charge in [-0.3, -0.25) is 4.98 Å². The fourth-order valence-electron chi connectivity index (χ4n) is 1.23. The van der Waals surface area contributed by atoms with Crippen LogP contribution in [-0.4, -0.2) is 18.2 Å². The van der Waals surface area contributed by atoms with E-state index in [-0.39, 0.29) is 6.67 Å². The fraction of sp³-hybridized carbons (Fsp3) is 0.500. The number of aromatic nitrogens is 1. The van der Waals surface area contributed by atoms with Crippen molar-refractivity contribution < 1.29 is 4.39 Å².